The number of anilines is 1. The Morgan fingerprint density at radius 2 is 1.84 bits per heavy atom. The van der Waals surface area contributed by atoms with Gasteiger partial charge in [-0.15, -0.1) is 0 Å². The maximum Gasteiger partial charge on any atom is 0.0977 e. The van der Waals surface area contributed by atoms with Crippen LogP contribution >= 0.6 is 11.6 Å². The third-order valence-electron chi connectivity index (χ3n) is 5.06. The van der Waals surface area contributed by atoms with Crippen LogP contribution in [0.1, 0.15) is 42.7 Å². The topological polar surface area (TPSA) is 61.8 Å². The van der Waals surface area contributed by atoms with Gasteiger partial charge in [-0.1, -0.05) is 48.0 Å². The zero-order valence-corrected chi connectivity index (χ0v) is 15.0. The van der Waals surface area contributed by atoms with E-state index in [-0.39, 0.29) is 5.92 Å². The molecule has 1 atom stereocenters. The van der Waals surface area contributed by atoms with E-state index in [1.165, 1.54) is 12.8 Å². The molecule has 0 spiro atoms. The Kier molecular flexibility index (Phi) is 5.96. The van der Waals surface area contributed by atoms with E-state index in [0.29, 0.717) is 17.0 Å². The molecule has 1 fully saturated rings. The van der Waals surface area contributed by atoms with Gasteiger partial charge in [0.1, 0.15) is 0 Å². The summed E-state index contributed by atoms with van der Waals surface area (Å²) in [5, 5.41) is 13.7. The van der Waals surface area contributed by atoms with Crippen molar-refractivity contribution in [1.82, 2.24) is 0 Å². The first-order chi connectivity index (χ1) is 12.2. The largest absolute Gasteiger partial charge is 0.385 e. The predicted molar refractivity (Wildman–Crippen MR) is 104 cm³/mol. The van der Waals surface area contributed by atoms with E-state index in [4.69, 9.17) is 17.3 Å². The van der Waals surface area contributed by atoms with Gasteiger partial charge in [0.15, 0.2) is 0 Å². The highest BCUT2D eigenvalue weighted by molar-refractivity contribution is 6.31. The number of hydrogen-bond acceptors (Lipinski definition) is 3. The van der Waals surface area contributed by atoms with Gasteiger partial charge in [0.2, 0.25) is 0 Å². The number of rotatable bonds is 5. The second kappa shape index (κ2) is 8.38. The van der Waals surface area contributed by atoms with Crippen LogP contribution in [0.3, 0.4) is 0 Å². The standard InChI is InChI=1S/C21H24ClN3/c22-21-12-18(25-14-15-6-8-17(24)9-7-15)10-11-19(21)20(13-23)16-4-2-1-3-5-16/h1-5,10-12,15,17,20,25H,6-9,14,24H2. The third kappa shape index (κ3) is 4.54. The Bertz CT molecular complexity index is 731. The summed E-state index contributed by atoms with van der Waals surface area (Å²) in [6, 6.07) is 18.4. The molecule has 3 rings (SSSR count). The summed E-state index contributed by atoms with van der Waals surface area (Å²) in [5.41, 5.74) is 8.79. The summed E-state index contributed by atoms with van der Waals surface area (Å²) in [7, 11) is 0. The fraction of sp³-hybridized carbons (Fsp3) is 0.381. The molecule has 1 aliphatic rings. The van der Waals surface area contributed by atoms with Gasteiger partial charge in [-0.3, -0.25) is 0 Å². The van der Waals surface area contributed by atoms with E-state index >= 15 is 0 Å². The molecule has 1 aliphatic carbocycles. The first kappa shape index (κ1) is 17.8. The molecule has 0 radical (unpaired) electrons. The van der Waals surface area contributed by atoms with Crippen molar-refractivity contribution in [3.63, 3.8) is 0 Å². The zero-order valence-electron chi connectivity index (χ0n) is 14.3. The lowest BCUT2D eigenvalue weighted by Gasteiger charge is -2.26. The number of nitrogens with two attached hydrogens (primary N) is 1. The molecule has 0 saturated heterocycles. The molecule has 0 bridgehead atoms. The van der Waals surface area contributed by atoms with Crippen molar-refractivity contribution >= 4 is 17.3 Å². The monoisotopic (exact) mass is 353 g/mol. The van der Waals surface area contributed by atoms with E-state index in [0.717, 1.165) is 36.2 Å². The summed E-state index contributed by atoms with van der Waals surface area (Å²) in [6.07, 6.45) is 4.61. The molecular weight excluding hydrogens is 330 g/mol. The summed E-state index contributed by atoms with van der Waals surface area (Å²) >= 11 is 6.49. The number of hydrogen-bond donors (Lipinski definition) is 2. The van der Waals surface area contributed by atoms with Crippen LogP contribution in [0, 0.1) is 17.2 Å². The number of nitrogens with one attached hydrogen (secondary N) is 1. The summed E-state index contributed by atoms with van der Waals surface area (Å²) in [5.74, 6) is 0.331. The molecule has 25 heavy (non-hydrogen) atoms. The van der Waals surface area contributed by atoms with Gasteiger partial charge in [-0.05, 0) is 54.9 Å². The normalized spacial score (nSPS) is 21.3. The van der Waals surface area contributed by atoms with E-state index in [2.05, 4.69) is 11.4 Å². The van der Waals surface area contributed by atoms with Crippen molar-refractivity contribution < 1.29 is 0 Å². The molecule has 1 saturated carbocycles. The smallest absolute Gasteiger partial charge is 0.0977 e. The fourth-order valence-electron chi connectivity index (χ4n) is 3.49. The molecule has 1 unspecified atom stereocenters. The van der Waals surface area contributed by atoms with Gasteiger partial charge in [-0.25, -0.2) is 0 Å². The quantitative estimate of drug-likeness (QED) is 0.801. The highest BCUT2D eigenvalue weighted by Crippen LogP contribution is 2.32. The molecule has 130 valence electrons. The van der Waals surface area contributed by atoms with Crippen LogP contribution in [0.2, 0.25) is 5.02 Å². The molecule has 0 heterocycles. The van der Waals surface area contributed by atoms with Crippen LogP contribution in [0.25, 0.3) is 0 Å². The average Bonchev–Trinajstić information content (AvgIpc) is 2.64. The lowest BCUT2D eigenvalue weighted by Crippen LogP contribution is -2.29. The second-order valence-electron chi connectivity index (χ2n) is 6.87. The molecule has 0 amide bonds. The lowest BCUT2D eigenvalue weighted by atomic mass is 9.86. The molecule has 0 aromatic heterocycles. The molecular formula is C21H24ClN3. The molecule has 2 aromatic carbocycles. The minimum atomic E-state index is -0.345. The van der Waals surface area contributed by atoms with Crippen molar-refractivity contribution in [3.05, 3.63) is 64.7 Å². The average molecular weight is 354 g/mol. The van der Waals surface area contributed by atoms with Crippen LogP contribution < -0.4 is 11.1 Å². The minimum absolute atomic E-state index is 0.345. The highest BCUT2D eigenvalue weighted by Gasteiger charge is 2.19. The maximum atomic E-state index is 9.59. The second-order valence-corrected chi connectivity index (χ2v) is 7.28. The van der Waals surface area contributed by atoms with Crippen molar-refractivity contribution in [3.8, 4) is 6.07 Å². The lowest BCUT2D eigenvalue weighted by molar-refractivity contribution is 0.339. The van der Waals surface area contributed by atoms with E-state index in [9.17, 15) is 5.26 Å². The Labute approximate surface area is 154 Å². The summed E-state index contributed by atoms with van der Waals surface area (Å²) in [4.78, 5) is 0. The minimum Gasteiger partial charge on any atom is -0.385 e. The molecule has 4 heteroatoms. The van der Waals surface area contributed by atoms with E-state index in [1.54, 1.807) is 0 Å². The third-order valence-corrected chi connectivity index (χ3v) is 5.39. The molecule has 3 nitrogen and oxygen atoms in total. The van der Waals surface area contributed by atoms with Crippen molar-refractivity contribution in [2.45, 2.75) is 37.6 Å². The van der Waals surface area contributed by atoms with Crippen LogP contribution in [-0.4, -0.2) is 12.6 Å². The summed E-state index contributed by atoms with van der Waals surface area (Å²) in [6.45, 7) is 0.947. The van der Waals surface area contributed by atoms with Crippen molar-refractivity contribution in [1.29, 1.82) is 5.26 Å². The van der Waals surface area contributed by atoms with Crippen LogP contribution in [0.4, 0.5) is 5.69 Å². The molecule has 3 N–H and O–H groups in total. The Hall–Kier alpha value is -2.02. The SMILES string of the molecule is N#CC(c1ccccc1)c1ccc(NCC2CCC(N)CC2)cc1Cl. The predicted octanol–water partition coefficient (Wildman–Crippen LogP) is 4.92. The molecule has 2 aromatic rings. The van der Waals surface area contributed by atoms with E-state index < -0.39 is 0 Å². The Balaban J connectivity index is 1.67. The van der Waals surface area contributed by atoms with Crippen LogP contribution in [0.5, 0.6) is 0 Å². The van der Waals surface area contributed by atoms with Crippen LogP contribution in [-0.2, 0) is 0 Å². The van der Waals surface area contributed by atoms with Crippen molar-refractivity contribution in [2.24, 2.45) is 11.7 Å². The van der Waals surface area contributed by atoms with Gasteiger partial charge >= 0.3 is 0 Å². The van der Waals surface area contributed by atoms with Gasteiger partial charge in [0.25, 0.3) is 0 Å². The number of nitriles is 1. The maximum absolute atomic E-state index is 9.59. The van der Waals surface area contributed by atoms with Crippen LogP contribution in [0.15, 0.2) is 48.5 Å². The summed E-state index contributed by atoms with van der Waals surface area (Å²) < 4.78 is 0. The zero-order chi connectivity index (χ0) is 17.6. The Morgan fingerprint density at radius 1 is 1.12 bits per heavy atom. The fourth-order valence-corrected chi connectivity index (χ4v) is 3.78. The highest BCUT2D eigenvalue weighted by atomic mass is 35.5. The number of halogens is 1. The van der Waals surface area contributed by atoms with Gasteiger partial charge in [0, 0.05) is 23.3 Å². The number of benzene rings is 2. The first-order valence-electron chi connectivity index (χ1n) is 8.91. The van der Waals surface area contributed by atoms with Crippen molar-refractivity contribution in [2.75, 3.05) is 11.9 Å². The molecule has 0 aliphatic heterocycles. The van der Waals surface area contributed by atoms with Gasteiger partial charge < -0.3 is 11.1 Å². The number of nitrogens with zero attached hydrogens (tertiary/aromatic N) is 1. The van der Waals surface area contributed by atoms with E-state index in [1.807, 2.05) is 48.5 Å². The van der Waals surface area contributed by atoms with Gasteiger partial charge in [0.05, 0.1) is 12.0 Å². The van der Waals surface area contributed by atoms with Gasteiger partial charge in [-0.2, -0.15) is 5.26 Å². The first-order valence-corrected chi connectivity index (χ1v) is 9.28. The Morgan fingerprint density at radius 3 is 2.48 bits per heavy atom.